The summed E-state index contributed by atoms with van der Waals surface area (Å²) in [6.07, 6.45) is -1.58. The van der Waals surface area contributed by atoms with Crippen LogP contribution >= 0.6 is 12.2 Å². The van der Waals surface area contributed by atoms with E-state index in [1.807, 2.05) is 0 Å². The summed E-state index contributed by atoms with van der Waals surface area (Å²) in [6.45, 7) is 5.30. The highest BCUT2D eigenvalue weighted by Crippen LogP contribution is 2.31. The standard InChI is InChI=1S/C19H24F2N4O4S/c1-3-28-18(26)24-6-4-23(5-7-24)17-15(20)8-13(9-16(17)21)25-11-14(29-19(25)27)10-22-12(2)30/h8-9,14H,3-7,10-11H2,1-2H3,(H,22,30)/t14-/m0/s1. The van der Waals surface area contributed by atoms with E-state index in [0.717, 1.165) is 12.1 Å². The van der Waals surface area contributed by atoms with E-state index in [0.29, 0.717) is 24.6 Å². The van der Waals surface area contributed by atoms with E-state index >= 15 is 0 Å². The van der Waals surface area contributed by atoms with Crippen molar-refractivity contribution in [3.05, 3.63) is 23.8 Å². The minimum atomic E-state index is -0.779. The molecular formula is C19H24F2N4O4S. The molecule has 8 nitrogen and oxygen atoms in total. The van der Waals surface area contributed by atoms with Gasteiger partial charge in [-0.05, 0) is 13.8 Å². The van der Waals surface area contributed by atoms with Gasteiger partial charge in [-0.1, -0.05) is 12.2 Å². The number of halogens is 2. The lowest BCUT2D eigenvalue weighted by atomic mass is 10.2. The van der Waals surface area contributed by atoms with Crippen molar-refractivity contribution in [1.29, 1.82) is 0 Å². The van der Waals surface area contributed by atoms with Crippen molar-refractivity contribution in [2.45, 2.75) is 20.0 Å². The predicted octanol–water partition coefficient (Wildman–Crippen LogP) is 2.51. The number of anilines is 2. The molecule has 2 amide bonds. The van der Waals surface area contributed by atoms with E-state index in [9.17, 15) is 18.4 Å². The fourth-order valence-electron chi connectivity index (χ4n) is 3.43. The van der Waals surface area contributed by atoms with E-state index < -0.39 is 29.9 Å². The smallest absolute Gasteiger partial charge is 0.414 e. The summed E-state index contributed by atoms with van der Waals surface area (Å²) in [7, 11) is 0. The molecule has 2 aliphatic heterocycles. The number of hydrogen-bond donors (Lipinski definition) is 1. The zero-order valence-electron chi connectivity index (χ0n) is 16.8. The van der Waals surface area contributed by atoms with Crippen LogP contribution in [0.5, 0.6) is 0 Å². The van der Waals surface area contributed by atoms with Crippen LogP contribution < -0.4 is 15.1 Å². The van der Waals surface area contributed by atoms with Gasteiger partial charge in [-0.25, -0.2) is 18.4 Å². The molecule has 11 heteroatoms. The fourth-order valence-corrected chi connectivity index (χ4v) is 3.52. The van der Waals surface area contributed by atoms with Crippen LogP contribution in [-0.2, 0) is 9.47 Å². The summed E-state index contributed by atoms with van der Waals surface area (Å²) in [4.78, 5) is 28.7. The Bertz CT molecular complexity index is 810. The second-order valence-electron chi connectivity index (χ2n) is 6.98. The first kappa shape index (κ1) is 22.0. The number of nitrogens with one attached hydrogen (secondary N) is 1. The van der Waals surface area contributed by atoms with Crippen molar-refractivity contribution in [3.8, 4) is 0 Å². The molecule has 0 bridgehead atoms. The molecule has 3 rings (SSSR count). The van der Waals surface area contributed by atoms with Gasteiger partial charge < -0.3 is 24.6 Å². The molecule has 0 aromatic heterocycles. The van der Waals surface area contributed by atoms with Crippen molar-refractivity contribution in [3.63, 3.8) is 0 Å². The van der Waals surface area contributed by atoms with Crippen molar-refractivity contribution >= 4 is 40.8 Å². The molecule has 1 atom stereocenters. The summed E-state index contributed by atoms with van der Waals surface area (Å²) in [6, 6.07) is 2.25. The molecule has 1 aromatic rings. The summed E-state index contributed by atoms with van der Waals surface area (Å²) in [5.41, 5.74) is -0.0881. The Morgan fingerprint density at radius 3 is 2.47 bits per heavy atom. The first-order chi connectivity index (χ1) is 14.3. The summed E-state index contributed by atoms with van der Waals surface area (Å²) in [5, 5.41) is 2.91. The average molecular weight is 442 g/mol. The number of hydrogen-bond acceptors (Lipinski definition) is 6. The van der Waals surface area contributed by atoms with Crippen LogP contribution in [0.15, 0.2) is 12.1 Å². The highest BCUT2D eigenvalue weighted by molar-refractivity contribution is 7.80. The van der Waals surface area contributed by atoms with Crippen LogP contribution in [0.1, 0.15) is 13.8 Å². The Morgan fingerprint density at radius 1 is 1.27 bits per heavy atom. The van der Waals surface area contributed by atoms with E-state index in [1.54, 1.807) is 18.7 Å². The van der Waals surface area contributed by atoms with Crippen molar-refractivity contribution in [2.24, 2.45) is 0 Å². The van der Waals surface area contributed by atoms with Gasteiger partial charge in [-0.2, -0.15) is 0 Å². The molecule has 1 N–H and O–H groups in total. The van der Waals surface area contributed by atoms with Crippen molar-refractivity contribution in [2.75, 3.05) is 55.7 Å². The van der Waals surface area contributed by atoms with E-state index in [1.165, 1.54) is 9.80 Å². The number of rotatable bonds is 5. The van der Waals surface area contributed by atoms with E-state index in [2.05, 4.69) is 5.32 Å². The van der Waals surface area contributed by atoms with Gasteiger partial charge in [0.1, 0.15) is 11.8 Å². The first-order valence-corrected chi connectivity index (χ1v) is 10.1. The van der Waals surface area contributed by atoms with Gasteiger partial charge in [-0.15, -0.1) is 0 Å². The van der Waals surface area contributed by atoms with Crippen molar-refractivity contribution < 1.29 is 27.8 Å². The van der Waals surface area contributed by atoms with Gasteiger partial charge in [0.2, 0.25) is 0 Å². The Balaban J connectivity index is 1.68. The summed E-state index contributed by atoms with van der Waals surface area (Å²) >= 11 is 4.93. The Kier molecular flexibility index (Phi) is 6.91. The number of benzene rings is 1. The predicted molar refractivity (Wildman–Crippen MR) is 111 cm³/mol. The molecule has 2 fully saturated rings. The first-order valence-electron chi connectivity index (χ1n) is 9.68. The molecule has 30 heavy (non-hydrogen) atoms. The molecule has 0 radical (unpaired) electrons. The molecule has 0 saturated carbocycles. The lowest BCUT2D eigenvalue weighted by Crippen LogP contribution is -2.49. The molecule has 0 unspecified atom stereocenters. The number of carbonyl (C=O) groups is 2. The molecule has 0 aliphatic carbocycles. The van der Waals surface area contributed by atoms with E-state index in [-0.39, 0.29) is 37.6 Å². The highest BCUT2D eigenvalue weighted by atomic mass is 32.1. The Hall–Kier alpha value is -2.69. The summed E-state index contributed by atoms with van der Waals surface area (Å²) < 4.78 is 39.8. The largest absolute Gasteiger partial charge is 0.450 e. The molecule has 0 spiro atoms. The highest BCUT2D eigenvalue weighted by Gasteiger charge is 2.34. The summed E-state index contributed by atoms with van der Waals surface area (Å²) in [5.74, 6) is -1.56. The SMILES string of the molecule is CCOC(=O)N1CCN(c2c(F)cc(N3C[C@H](CNC(C)=S)OC3=O)cc2F)CC1. The molecule has 164 valence electrons. The van der Waals surface area contributed by atoms with Crippen LogP contribution in [0.4, 0.5) is 29.7 Å². The minimum Gasteiger partial charge on any atom is -0.450 e. The van der Waals surface area contributed by atoms with Gasteiger partial charge >= 0.3 is 12.2 Å². The maximum absolute atomic E-state index is 14.8. The van der Waals surface area contributed by atoms with Gasteiger partial charge in [0.25, 0.3) is 0 Å². The lowest BCUT2D eigenvalue weighted by Gasteiger charge is -2.35. The third-order valence-electron chi connectivity index (χ3n) is 4.89. The van der Waals surface area contributed by atoms with Crippen LogP contribution in [0.3, 0.4) is 0 Å². The third kappa shape index (κ3) is 4.89. The number of carbonyl (C=O) groups excluding carboxylic acids is 2. The third-order valence-corrected chi connectivity index (χ3v) is 5.03. The fraction of sp³-hybridized carbons (Fsp3) is 0.526. The van der Waals surface area contributed by atoms with Gasteiger partial charge in [0, 0.05) is 38.3 Å². The second kappa shape index (κ2) is 9.41. The Morgan fingerprint density at radius 2 is 1.90 bits per heavy atom. The zero-order chi connectivity index (χ0) is 21.8. The maximum Gasteiger partial charge on any atom is 0.414 e. The maximum atomic E-state index is 14.8. The van der Waals surface area contributed by atoms with Crippen LogP contribution in [0, 0.1) is 11.6 Å². The van der Waals surface area contributed by atoms with Gasteiger partial charge in [-0.3, -0.25) is 4.90 Å². The normalized spacial score (nSPS) is 19.0. The molecular weight excluding hydrogens is 418 g/mol. The quantitative estimate of drug-likeness (QED) is 0.703. The monoisotopic (exact) mass is 442 g/mol. The van der Waals surface area contributed by atoms with Crippen LogP contribution in [0.25, 0.3) is 0 Å². The zero-order valence-corrected chi connectivity index (χ0v) is 17.6. The van der Waals surface area contributed by atoms with Crippen molar-refractivity contribution in [1.82, 2.24) is 10.2 Å². The number of ether oxygens (including phenoxy) is 2. The number of piperazine rings is 1. The van der Waals surface area contributed by atoms with Gasteiger partial charge in [0.05, 0.1) is 30.4 Å². The number of cyclic esters (lactones) is 1. The lowest BCUT2D eigenvalue weighted by molar-refractivity contribution is 0.105. The van der Waals surface area contributed by atoms with Gasteiger partial charge in [0.15, 0.2) is 11.6 Å². The average Bonchev–Trinajstić information content (AvgIpc) is 3.07. The second-order valence-corrected chi connectivity index (χ2v) is 7.60. The topological polar surface area (TPSA) is 74.3 Å². The molecule has 2 heterocycles. The number of nitrogens with zero attached hydrogens (tertiary/aromatic N) is 3. The van der Waals surface area contributed by atoms with Crippen LogP contribution in [-0.4, -0.2) is 74.1 Å². The van der Waals surface area contributed by atoms with Crippen LogP contribution in [0.2, 0.25) is 0 Å². The minimum absolute atomic E-state index is 0.0884. The molecule has 2 aliphatic rings. The molecule has 2 saturated heterocycles. The molecule has 1 aromatic carbocycles. The van der Waals surface area contributed by atoms with E-state index in [4.69, 9.17) is 21.7 Å². The number of thiocarbonyl (C=S) groups is 1. The Labute approximate surface area is 178 Å². The number of amides is 2.